The van der Waals surface area contributed by atoms with Crippen LogP contribution < -0.4 is 0 Å². The van der Waals surface area contributed by atoms with Crippen molar-refractivity contribution in [3.8, 4) is 0 Å². The second kappa shape index (κ2) is 5.89. The maximum atomic E-state index is 4.34. The van der Waals surface area contributed by atoms with Crippen LogP contribution in [0.25, 0.3) is 0 Å². The molecule has 5 heteroatoms. The van der Waals surface area contributed by atoms with Crippen molar-refractivity contribution in [1.29, 1.82) is 0 Å². The smallest absolute Gasteiger partial charge is 0.146 e. The molecule has 0 bridgehead atoms. The van der Waals surface area contributed by atoms with Crippen LogP contribution in [0.2, 0.25) is 0 Å². The summed E-state index contributed by atoms with van der Waals surface area (Å²) < 4.78 is 3.32. The molecule has 0 N–H and O–H groups in total. The fourth-order valence-electron chi connectivity index (χ4n) is 3.05. The number of benzene rings is 1. The van der Waals surface area contributed by atoms with Gasteiger partial charge in [-0.05, 0) is 42.2 Å². The van der Waals surface area contributed by atoms with Gasteiger partial charge in [0.25, 0.3) is 0 Å². The lowest BCUT2D eigenvalue weighted by Gasteiger charge is -2.29. The first kappa shape index (κ1) is 14.7. The Kier molecular flexibility index (Phi) is 4.13. The summed E-state index contributed by atoms with van der Waals surface area (Å²) in [6, 6.07) is 4.47. The minimum atomic E-state index is 0.873. The Morgan fingerprint density at radius 3 is 2.71 bits per heavy atom. The van der Waals surface area contributed by atoms with Crippen molar-refractivity contribution in [3.63, 3.8) is 0 Å². The Hall–Kier alpha value is -1.20. The summed E-state index contributed by atoms with van der Waals surface area (Å²) in [4.78, 5) is 2.46. The van der Waals surface area contributed by atoms with Gasteiger partial charge in [-0.3, -0.25) is 4.90 Å². The third-order valence-corrected chi connectivity index (χ3v) is 4.80. The maximum Gasteiger partial charge on any atom is 0.146 e. The molecule has 1 aromatic carbocycles. The van der Waals surface area contributed by atoms with E-state index in [9.17, 15) is 0 Å². The second-order valence-corrected chi connectivity index (χ2v) is 6.68. The highest BCUT2D eigenvalue weighted by atomic mass is 79.9. The molecule has 1 aliphatic rings. The molecule has 1 aromatic heterocycles. The molecule has 0 spiro atoms. The predicted octanol–water partition coefficient (Wildman–Crippen LogP) is 3.01. The molecule has 0 saturated carbocycles. The monoisotopic (exact) mass is 348 g/mol. The van der Waals surface area contributed by atoms with E-state index in [1.165, 1.54) is 21.2 Å². The van der Waals surface area contributed by atoms with Crippen LogP contribution >= 0.6 is 15.9 Å². The normalized spacial score (nSPS) is 15.2. The first-order valence-corrected chi connectivity index (χ1v) is 8.25. The van der Waals surface area contributed by atoms with Crippen molar-refractivity contribution >= 4 is 15.9 Å². The molecule has 0 fully saturated rings. The number of fused-ring (bicyclic) bond motifs is 1. The highest BCUT2D eigenvalue weighted by Gasteiger charge is 2.20. The maximum absolute atomic E-state index is 4.34. The van der Waals surface area contributed by atoms with Crippen LogP contribution in [0.15, 0.2) is 16.6 Å². The van der Waals surface area contributed by atoms with Crippen molar-refractivity contribution in [1.82, 2.24) is 19.7 Å². The van der Waals surface area contributed by atoms with Gasteiger partial charge in [-0.2, -0.15) is 0 Å². The first-order chi connectivity index (χ1) is 10.1. The van der Waals surface area contributed by atoms with E-state index in [1.54, 1.807) is 0 Å². The van der Waals surface area contributed by atoms with E-state index < -0.39 is 0 Å². The molecule has 0 atom stereocenters. The lowest BCUT2D eigenvalue weighted by molar-refractivity contribution is 0.236. The molecular weight excluding hydrogens is 328 g/mol. The zero-order chi connectivity index (χ0) is 15.0. The Morgan fingerprint density at radius 1 is 1.24 bits per heavy atom. The summed E-state index contributed by atoms with van der Waals surface area (Å²) in [5.74, 6) is 2.12. The predicted molar refractivity (Wildman–Crippen MR) is 87.1 cm³/mol. The first-order valence-electron chi connectivity index (χ1n) is 7.46. The van der Waals surface area contributed by atoms with Gasteiger partial charge in [0.1, 0.15) is 11.6 Å². The Bertz CT molecular complexity index is 663. The van der Waals surface area contributed by atoms with Gasteiger partial charge in [-0.25, -0.2) is 0 Å². The summed E-state index contributed by atoms with van der Waals surface area (Å²) >= 11 is 3.60. The molecule has 21 heavy (non-hydrogen) atoms. The van der Waals surface area contributed by atoms with Gasteiger partial charge in [0.05, 0.1) is 6.54 Å². The van der Waals surface area contributed by atoms with Crippen LogP contribution in [0.4, 0.5) is 0 Å². The quantitative estimate of drug-likeness (QED) is 0.854. The Morgan fingerprint density at radius 2 is 2.00 bits per heavy atom. The van der Waals surface area contributed by atoms with Gasteiger partial charge in [0, 0.05) is 31.0 Å². The second-order valence-electron chi connectivity index (χ2n) is 5.77. The van der Waals surface area contributed by atoms with Crippen molar-refractivity contribution in [2.45, 2.75) is 39.8 Å². The van der Waals surface area contributed by atoms with E-state index in [0.717, 1.165) is 44.1 Å². The van der Waals surface area contributed by atoms with E-state index in [4.69, 9.17) is 0 Å². The molecule has 0 radical (unpaired) electrons. The van der Waals surface area contributed by atoms with Gasteiger partial charge >= 0.3 is 0 Å². The molecule has 2 heterocycles. The number of hydrogen-bond acceptors (Lipinski definition) is 3. The highest BCUT2D eigenvalue weighted by Crippen LogP contribution is 2.27. The van der Waals surface area contributed by atoms with Crippen molar-refractivity contribution in [3.05, 3.63) is 44.9 Å². The fourth-order valence-corrected chi connectivity index (χ4v) is 3.67. The molecule has 4 nitrogen and oxygen atoms in total. The molecule has 0 saturated heterocycles. The summed E-state index contributed by atoms with van der Waals surface area (Å²) in [7, 11) is 2.06. The van der Waals surface area contributed by atoms with Crippen LogP contribution in [0, 0.1) is 6.92 Å². The van der Waals surface area contributed by atoms with Gasteiger partial charge in [0.2, 0.25) is 0 Å². The van der Waals surface area contributed by atoms with E-state index in [0.29, 0.717) is 0 Å². The number of rotatable bonds is 3. The summed E-state index contributed by atoms with van der Waals surface area (Å²) in [5.41, 5.74) is 4.32. The van der Waals surface area contributed by atoms with Gasteiger partial charge in [0.15, 0.2) is 0 Å². The molecule has 1 aliphatic heterocycles. The van der Waals surface area contributed by atoms with Crippen LogP contribution in [0.1, 0.15) is 35.3 Å². The molecule has 2 aromatic rings. The minimum Gasteiger partial charge on any atom is -0.317 e. The lowest BCUT2D eigenvalue weighted by atomic mass is 9.95. The van der Waals surface area contributed by atoms with Crippen molar-refractivity contribution in [2.75, 3.05) is 6.54 Å². The molecule has 112 valence electrons. The molecule has 0 amide bonds. The third kappa shape index (κ3) is 2.90. The average Bonchev–Trinajstić information content (AvgIpc) is 2.80. The number of aromatic nitrogens is 3. The van der Waals surface area contributed by atoms with E-state index in [-0.39, 0.29) is 0 Å². The summed E-state index contributed by atoms with van der Waals surface area (Å²) in [6.07, 6.45) is 2.04. The minimum absolute atomic E-state index is 0.873. The lowest BCUT2D eigenvalue weighted by Crippen LogP contribution is -2.31. The number of hydrogen-bond donors (Lipinski definition) is 0. The Balaban J connectivity index is 1.78. The number of aryl methyl sites for hydroxylation is 2. The zero-order valence-electron chi connectivity index (χ0n) is 12.9. The number of halogens is 1. The van der Waals surface area contributed by atoms with E-state index >= 15 is 0 Å². The molecular formula is C16H21BrN4. The van der Waals surface area contributed by atoms with Gasteiger partial charge in [-0.15, -0.1) is 10.2 Å². The number of nitrogens with zero attached hydrogens (tertiary/aromatic N) is 4. The van der Waals surface area contributed by atoms with Crippen LogP contribution in [-0.2, 0) is 33.0 Å². The van der Waals surface area contributed by atoms with E-state index in [1.807, 2.05) is 0 Å². The summed E-state index contributed by atoms with van der Waals surface area (Å²) in [6.45, 7) is 7.27. The van der Waals surface area contributed by atoms with Crippen molar-refractivity contribution < 1.29 is 0 Å². The van der Waals surface area contributed by atoms with Gasteiger partial charge < -0.3 is 4.57 Å². The highest BCUT2D eigenvalue weighted by molar-refractivity contribution is 9.10. The summed E-state index contributed by atoms with van der Waals surface area (Å²) in [5, 5.41) is 8.59. The zero-order valence-corrected chi connectivity index (χ0v) is 14.4. The SMILES string of the molecule is CCc1nnc(CN2CCc3cc(Br)cc(C)c3C2)n1C. The van der Waals surface area contributed by atoms with Gasteiger partial charge in [-0.1, -0.05) is 22.9 Å². The van der Waals surface area contributed by atoms with Crippen LogP contribution in [0.3, 0.4) is 0 Å². The topological polar surface area (TPSA) is 34.0 Å². The van der Waals surface area contributed by atoms with E-state index in [2.05, 4.69) is 68.6 Å². The Labute approximate surface area is 134 Å². The largest absolute Gasteiger partial charge is 0.317 e. The van der Waals surface area contributed by atoms with Crippen LogP contribution in [0.5, 0.6) is 0 Å². The molecule has 0 unspecified atom stereocenters. The van der Waals surface area contributed by atoms with Crippen molar-refractivity contribution in [2.24, 2.45) is 7.05 Å². The van der Waals surface area contributed by atoms with Crippen LogP contribution in [-0.4, -0.2) is 26.2 Å². The third-order valence-electron chi connectivity index (χ3n) is 4.35. The fraction of sp³-hybridized carbons (Fsp3) is 0.500. The standard InChI is InChI=1S/C16H21BrN4/c1-4-15-18-19-16(20(15)3)10-21-6-5-12-8-13(17)7-11(2)14(12)9-21/h7-8H,4-6,9-10H2,1-3H3. The molecule has 0 aliphatic carbocycles. The molecule has 3 rings (SSSR count). The average molecular weight is 349 g/mol.